The number of rotatable bonds is 4. The average molecular weight is 274 g/mol. The summed E-state index contributed by atoms with van der Waals surface area (Å²) in [6.45, 7) is 4.27. The van der Waals surface area contributed by atoms with E-state index in [9.17, 15) is 8.42 Å². The third-order valence-corrected chi connectivity index (χ3v) is 6.31. The smallest absolute Gasteiger partial charge is 0.252 e. The molecule has 17 heavy (non-hydrogen) atoms. The van der Waals surface area contributed by atoms with Crippen LogP contribution in [0.25, 0.3) is 0 Å². The first-order valence-electron chi connectivity index (χ1n) is 5.91. The molecule has 1 N–H and O–H groups in total. The largest absolute Gasteiger partial charge is 0.314 e. The molecule has 6 heteroatoms. The SMILES string of the molecule is CCNC1CCN(S(=O)(=O)c2cccs2)CC1. The molecule has 0 atom stereocenters. The summed E-state index contributed by atoms with van der Waals surface area (Å²) in [7, 11) is -3.23. The minimum absolute atomic E-state index is 0.458. The fourth-order valence-corrected chi connectivity index (χ4v) is 4.74. The van der Waals surface area contributed by atoms with E-state index in [0.29, 0.717) is 23.3 Å². The highest BCUT2D eigenvalue weighted by Gasteiger charge is 2.29. The van der Waals surface area contributed by atoms with Gasteiger partial charge in [-0.25, -0.2) is 8.42 Å². The number of nitrogens with zero attached hydrogens (tertiary/aromatic N) is 1. The Morgan fingerprint density at radius 2 is 2.18 bits per heavy atom. The van der Waals surface area contributed by atoms with Gasteiger partial charge in [0.25, 0.3) is 10.0 Å². The number of piperidine rings is 1. The minimum atomic E-state index is -3.23. The van der Waals surface area contributed by atoms with E-state index in [1.807, 2.05) is 0 Å². The number of hydrogen-bond acceptors (Lipinski definition) is 4. The van der Waals surface area contributed by atoms with E-state index in [4.69, 9.17) is 0 Å². The summed E-state index contributed by atoms with van der Waals surface area (Å²) in [5, 5.41) is 5.18. The molecule has 2 heterocycles. The first kappa shape index (κ1) is 13.0. The summed E-state index contributed by atoms with van der Waals surface area (Å²) in [6, 6.07) is 3.93. The number of thiophene rings is 1. The number of hydrogen-bond donors (Lipinski definition) is 1. The summed E-state index contributed by atoms with van der Waals surface area (Å²) >= 11 is 1.29. The van der Waals surface area contributed by atoms with E-state index in [1.54, 1.807) is 21.8 Å². The van der Waals surface area contributed by atoms with Crippen LogP contribution in [0.4, 0.5) is 0 Å². The maximum absolute atomic E-state index is 12.2. The zero-order chi connectivity index (χ0) is 12.3. The minimum Gasteiger partial charge on any atom is -0.314 e. The molecule has 0 unspecified atom stereocenters. The molecule has 1 aliphatic rings. The molecule has 96 valence electrons. The Bertz CT molecular complexity index is 434. The molecule has 1 fully saturated rings. The molecule has 0 aliphatic carbocycles. The third-order valence-electron chi connectivity index (χ3n) is 3.04. The maximum atomic E-state index is 12.2. The normalized spacial score (nSPS) is 19.6. The maximum Gasteiger partial charge on any atom is 0.252 e. The standard InChI is InChI=1S/C11H18N2O2S2/c1-2-12-10-5-7-13(8-6-10)17(14,15)11-4-3-9-16-11/h3-4,9-10,12H,2,5-8H2,1H3. The van der Waals surface area contributed by atoms with Crippen LogP contribution in [0.5, 0.6) is 0 Å². The van der Waals surface area contributed by atoms with Crippen LogP contribution in [-0.2, 0) is 10.0 Å². The lowest BCUT2D eigenvalue weighted by molar-refractivity contribution is 0.293. The Morgan fingerprint density at radius 3 is 2.71 bits per heavy atom. The van der Waals surface area contributed by atoms with Crippen LogP contribution < -0.4 is 5.32 Å². The highest BCUT2D eigenvalue weighted by molar-refractivity contribution is 7.91. The van der Waals surface area contributed by atoms with Crippen LogP contribution in [0.2, 0.25) is 0 Å². The molecule has 1 saturated heterocycles. The van der Waals surface area contributed by atoms with E-state index in [2.05, 4.69) is 12.2 Å². The monoisotopic (exact) mass is 274 g/mol. The van der Waals surface area contributed by atoms with Crippen molar-refractivity contribution < 1.29 is 8.42 Å². The molecule has 0 aromatic carbocycles. The van der Waals surface area contributed by atoms with Crippen LogP contribution in [0, 0.1) is 0 Å². The Morgan fingerprint density at radius 1 is 1.47 bits per heavy atom. The Balaban J connectivity index is 2.01. The van der Waals surface area contributed by atoms with Crippen LogP contribution >= 0.6 is 11.3 Å². The van der Waals surface area contributed by atoms with Crippen molar-refractivity contribution in [1.82, 2.24) is 9.62 Å². The Kier molecular flexibility index (Phi) is 4.19. The summed E-state index contributed by atoms with van der Waals surface area (Å²) in [5.41, 5.74) is 0. The number of nitrogens with one attached hydrogen (secondary N) is 1. The molecule has 2 rings (SSSR count). The molecule has 0 saturated carbocycles. The van der Waals surface area contributed by atoms with Gasteiger partial charge in [0.1, 0.15) is 4.21 Å². The molecule has 1 aromatic heterocycles. The van der Waals surface area contributed by atoms with E-state index < -0.39 is 10.0 Å². The average Bonchev–Trinajstić information content (AvgIpc) is 2.84. The van der Waals surface area contributed by atoms with E-state index in [1.165, 1.54) is 11.3 Å². The summed E-state index contributed by atoms with van der Waals surface area (Å²) in [4.78, 5) is 0. The van der Waals surface area contributed by atoms with Crippen molar-refractivity contribution in [2.45, 2.75) is 30.0 Å². The predicted molar refractivity (Wildman–Crippen MR) is 69.8 cm³/mol. The highest BCUT2D eigenvalue weighted by Crippen LogP contribution is 2.23. The van der Waals surface area contributed by atoms with E-state index in [-0.39, 0.29) is 0 Å². The molecule has 0 amide bonds. The van der Waals surface area contributed by atoms with Gasteiger partial charge in [-0.05, 0) is 30.8 Å². The van der Waals surface area contributed by atoms with Crippen molar-refractivity contribution in [2.24, 2.45) is 0 Å². The summed E-state index contributed by atoms with van der Waals surface area (Å²) in [6.07, 6.45) is 1.80. The molecule has 0 bridgehead atoms. The van der Waals surface area contributed by atoms with Crippen molar-refractivity contribution in [1.29, 1.82) is 0 Å². The highest BCUT2D eigenvalue weighted by atomic mass is 32.2. The second kappa shape index (κ2) is 5.48. The molecule has 0 radical (unpaired) electrons. The van der Waals surface area contributed by atoms with Crippen LogP contribution in [0.15, 0.2) is 21.7 Å². The molecule has 1 aromatic rings. The van der Waals surface area contributed by atoms with Gasteiger partial charge in [-0.2, -0.15) is 4.31 Å². The zero-order valence-corrected chi connectivity index (χ0v) is 11.6. The fraction of sp³-hybridized carbons (Fsp3) is 0.636. The van der Waals surface area contributed by atoms with Crippen LogP contribution in [-0.4, -0.2) is 38.4 Å². The van der Waals surface area contributed by atoms with Crippen molar-refractivity contribution in [3.05, 3.63) is 17.5 Å². The zero-order valence-electron chi connectivity index (χ0n) is 9.93. The van der Waals surface area contributed by atoms with Gasteiger partial charge in [0.15, 0.2) is 0 Å². The van der Waals surface area contributed by atoms with Crippen molar-refractivity contribution in [2.75, 3.05) is 19.6 Å². The topological polar surface area (TPSA) is 49.4 Å². The van der Waals surface area contributed by atoms with Gasteiger partial charge >= 0.3 is 0 Å². The Hall–Kier alpha value is -0.430. The first-order valence-corrected chi connectivity index (χ1v) is 8.23. The Labute approximate surface area is 107 Å². The van der Waals surface area contributed by atoms with Crippen LogP contribution in [0.3, 0.4) is 0 Å². The second-order valence-corrected chi connectivity index (χ2v) is 7.28. The van der Waals surface area contributed by atoms with Crippen molar-refractivity contribution in [3.63, 3.8) is 0 Å². The van der Waals surface area contributed by atoms with Gasteiger partial charge in [-0.3, -0.25) is 0 Å². The third kappa shape index (κ3) is 2.88. The quantitative estimate of drug-likeness (QED) is 0.905. The fourth-order valence-electron chi connectivity index (χ4n) is 2.13. The lowest BCUT2D eigenvalue weighted by Crippen LogP contribution is -2.44. The van der Waals surface area contributed by atoms with Gasteiger partial charge in [0, 0.05) is 19.1 Å². The predicted octanol–water partition coefficient (Wildman–Crippen LogP) is 1.51. The number of sulfonamides is 1. The van der Waals surface area contributed by atoms with Gasteiger partial charge in [-0.1, -0.05) is 13.0 Å². The van der Waals surface area contributed by atoms with E-state index >= 15 is 0 Å². The van der Waals surface area contributed by atoms with Crippen molar-refractivity contribution >= 4 is 21.4 Å². The summed E-state index contributed by atoms with van der Waals surface area (Å²) < 4.78 is 26.5. The molecular formula is C11H18N2O2S2. The second-order valence-electron chi connectivity index (χ2n) is 4.17. The van der Waals surface area contributed by atoms with E-state index in [0.717, 1.165) is 19.4 Å². The first-order chi connectivity index (χ1) is 8.14. The lowest BCUT2D eigenvalue weighted by atomic mass is 10.1. The van der Waals surface area contributed by atoms with Gasteiger partial charge < -0.3 is 5.32 Å². The molecule has 1 aliphatic heterocycles. The molecule has 0 spiro atoms. The molecule has 4 nitrogen and oxygen atoms in total. The lowest BCUT2D eigenvalue weighted by Gasteiger charge is -2.31. The van der Waals surface area contributed by atoms with Crippen molar-refractivity contribution in [3.8, 4) is 0 Å². The van der Waals surface area contributed by atoms with Gasteiger partial charge in [-0.15, -0.1) is 11.3 Å². The van der Waals surface area contributed by atoms with Gasteiger partial charge in [0.05, 0.1) is 0 Å². The van der Waals surface area contributed by atoms with Gasteiger partial charge in [0.2, 0.25) is 0 Å². The summed E-state index contributed by atoms with van der Waals surface area (Å²) in [5.74, 6) is 0. The molecular weight excluding hydrogens is 256 g/mol. The van der Waals surface area contributed by atoms with Crippen LogP contribution in [0.1, 0.15) is 19.8 Å².